The standard InChI is InChI=1S/C15H23NO2S/c1-3-5-6-11-16-15(17)12-19-14-9-7-13(8-10-14)18-4-2/h7-10H,3-6,11-12H2,1-2H3,(H,16,17). The topological polar surface area (TPSA) is 38.3 Å². The van der Waals surface area contributed by atoms with Gasteiger partial charge >= 0.3 is 0 Å². The maximum absolute atomic E-state index is 11.6. The summed E-state index contributed by atoms with van der Waals surface area (Å²) in [7, 11) is 0. The number of carbonyl (C=O) groups excluding carboxylic acids is 1. The number of rotatable bonds is 9. The Labute approximate surface area is 120 Å². The summed E-state index contributed by atoms with van der Waals surface area (Å²) in [4.78, 5) is 12.7. The average molecular weight is 281 g/mol. The molecule has 3 nitrogen and oxygen atoms in total. The summed E-state index contributed by atoms with van der Waals surface area (Å²) in [6.45, 7) is 5.58. The van der Waals surface area contributed by atoms with Crippen LogP contribution in [-0.4, -0.2) is 24.8 Å². The Bertz CT molecular complexity index is 365. The zero-order valence-corrected chi connectivity index (χ0v) is 12.6. The molecule has 0 heterocycles. The molecule has 0 bridgehead atoms. The Morgan fingerprint density at radius 1 is 1.21 bits per heavy atom. The second kappa shape index (κ2) is 9.73. The van der Waals surface area contributed by atoms with E-state index in [1.807, 2.05) is 31.2 Å². The minimum Gasteiger partial charge on any atom is -0.494 e. The molecule has 0 fully saturated rings. The monoisotopic (exact) mass is 281 g/mol. The number of unbranched alkanes of at least 4 members (excludes halogenated alkanes) is 2. The fourth-order valence-electron chi connectivity index (χ4n) is 1.60. The quantitative estimate of drug-likeness (QED) is 0.556. The molecule has 19 heavy (non-hydrogen) atoms. The highest BCUT2D eigenvalue weighted by atomic mass is 32.2. The molecular formula is C15H23NO2S. The summed E-state index contributed by atoms with van der Waals surface area (Å²) < 4.78 is 5.37. The molecular weight excluding hydrogens is 258 g/mol. The Kier molecular flexibility index (Phi) is 8.14. The molecule has 0 saturated carbocycles. The maximum atomic E-state index is 11.6. The molecule has 0 unspecified atom stereocenters. The van der Waals surface area contributed by atoms with Crippen LogP contribution in [0.4, 0.5) is 0 Å². The number of thioether (sulfide) groups is 1. The largest absolute Gasteiger partial charge is 0.494 e. The molecule has 0 aliphatic heterocycles. The number of hydrogen-bond donors (Lipinski definition) is 1. The number of carbonyl (C=O) groups is 1. The molecule has 0 aliphatic rings. The van der Waals surface area contributed by atoms with Crippen LogP contribution in [0.3, 0.4) is 0 Å². The molecule has 106 valence electrons. The van der Waals surface area contributed by atoms with Crippen LogP contribution in [0, 0.1) is 0 Å². The molecule has 0 spiro atoms. The zero-order chi connectivity index (χ0) is 13.9. The van der Waals surface area contributed by atoms with E-state index in [9.17, 15) is 4.79 Å². The second-order valence-corrected chi connectivity index (χ2v) is 5.30. The van der Waals surface area contributed by atoms with Gasteiger partial charge in [-0.2, -0.15) is 0 Å². The average Bonchev–Trinajstić information content (AvgIpc) is 2.43. The van der Waals surface area contributed by atoms with Gasteiger partial charge in [-0.3, -0.25) is 4.79 Å². The van der Waals surface area contributed by atoms with E-state index >= 15 is 0 Å². The van der Waals surface area contributed by atoms with Gasteiger partial charge in [0.15, 0.2) is 0 Å². The van der Waals surface area contributed by atoms with Gasteiger partial charge in [0.2, 0.25) is 5.91 Å². The first kappa shape index (κ1) is 15.9. The van der Waals surface area contributed by atoms with Crippen LogP contribution >= 0.6 is 11.8 Å². The van der Waals surface area contributed by atoms with Crippen molar-refractivity contribution in [3.63, 3.8) is 0 Å². The Morgan fingerprint density at radius 3 is 2.58 bits per heavy atom. The van der Waals surface area contributed by atoms with Gasteiger partial charge in [-0.05, 0) is 37.6 Å². The number of ether oxygens (including phenoxy) is 1. The third-order valence-corrected chi connectivity index (χ3v) is 3.62. The molecule has 1 amide bonds. The highest BCUT2D eigenvalue weighted by Gasteiger charge is 2.02. The molecule has 0 saturated heterocycles. The lowest BCUT2D eigenvalue weighted by atomic mass is 10.2. The van der Waals surface area contributed by atoms with Gasteiger partial charge < -0.3 is 10.1 Å². The van der Waals surface area contributed by atoms with Gasteiger partial charge in [0, 0.05) is 11.4 Å². The van der Waals surface area contributed by atoms with Crippen LogP contribution < -0.4 is 10.1 Å². The van der Waals surface area contributed by atoms with Crippen LogP contribution in [0.2, 0.25) is 0 Å². The van der Waals surface area contributed by atoms with Crippen molar-refractivity contribution in [1.82, 2.24) is 5.32 Å². The summed E-state index contributed by atoms with van der Waals surface area (Å²) in [6, 6.07) is 7.84. The molecule has 1 aromatic rings. The first-order valence-corrected chi connectivity index (χ1v) is 7.87. The smallest absolute Gasteiger partial charge is 0.230 e. The van der Waals surface area contributed by atoms with Gasteiger partial charge in [0.05, 0.1) is 12.4 Å². The van der Waals surface area contributed by atoms with Crippen molar-refractivity contribution in [2.75, 3.05) is 18.9 Å². The summed E-state index contributed by atoms with van der Waals surface area (Å²) in [5.41, 5.74) is 0. The maximum Gasteiger partial charge on any atom is 0.230 e. The van der Waals surface area contributed by atoms with Crippen LogP contribution in [0.5, 0.6) is 5.75 Å². The van der Waals surface area contributed by atoms with Crippen molar-refractivity contribution in [1.29, 1.82) is 0 Å². The highest BCUT2D eigenvalue weighted by molar-refractivity contribution is 8.00. The molecule has 0 aliphatic carbocycles. The van der Waals surface area contributed by atoms with Crippen molar-refractivity contribution in [3.05, 3.63) is 24.3 Å². The first-order valence-electron chi connectivity index (χ1n) is 6.88. The van der Waals surface area contributed by atoms with E-state index in [1.165, 1.54) is 12.8 Å². The number of benzene rings is 1. The summed E-state index contributed by atoms with van der Waals surface area (Å²) in [5.74, 6) is 1.45. The molecule has 0 atom stereocenters. The summed E-state index contributed by atoms with van der Waals surface area (Å²) in [6.07, 6.45) is 3.42. The van der Waals surface area contributed by atoms with E-state index in [4.69, 9.17) is 4.74 Å². The molecule has 0 radical (unpaired) electrons. The third kappa shape index (κ3) is 7.11. The normalized spacial score (nSPS) is 10.2. The van der Waals surface area contributed by atoms with Crippen molar-refractivity contribution < 1.29 is 9.53 Å². The van der Waals surface area contributed by atoms with E-state index in [0.29, 0.717) is 12.4 Å². The predicted octanol–water partition coefficient (Wildman–Crippen LogP) is 3.48. The minimum absolute atomic E-state index is 0.106. The minimum atomic E-state index is 0.106. The van der Waals surface area contributed by atoms with E-state index in [2.05, 4.69) is 12.2 Å². The second-order valence-electron chi connectivity index (χ2n) is 4.25. The van der Waals surface area contributed by atoms with Crippen molar-refractivity contribution in [2.45, 2.75) is 38.0 Å². The van der Waals surface area contributed by atoms with Gasteiger partial charge in [-0.25, -0.2) is 0 Å². The Morgan fingerprint density at radius 2 is 1.95 bits per heavy atom. The fourth-order valence-corrected chi connectivity index (χ4v) is 2.33. The van der Waals surface area contributed by atoms with Gasteiger partial charge in [-0.1, -0.05) is 19.8 Å². The van der Waals surface area contributed by atoms with Crippen LogP contribution in [-0.2, 0) is 4.79 Å². The van der Waals surface area contributed by atoms with Crippen molar-refractivity contribution in [2.24, 2.45) is 0 Å². The molecule has 4 heteroatoms. The lowest BCUT2D eigenvalue weighted by Gasteiger charge is -2.06. The van der Waals surface area contributed by atoms with Gasteiger partial charge in [0.1, 0.15) is 5.75 Å². The summed E-state index contributed by atoms with van der Waals surface area (Å²) in [5, 5.41) is 2.93. The third-order valence-electron chi connectivity index (χ3n) is 2.61. The number of nitrogens with one attached hydrogen (secondary N) is 1. The van der Waals surface area contributed by atoms with Crippen LogP contribution in [0.1, 0.15) is 33.1 Å². The first-order chi connectivity index (χ1) is 9.26. The van der Waals surface area contributed by atoms with Crippen molar-refractivity contribution in [3.8, 4) is 5.75 Å². The predicted molar refractivity (Wildman–Crippen MR) is 80.9 cm³/mol. The zero-order valence-electron chi connectivity index (χ0n) is 11.8. The number of amides is 1. The van der Waals surface area contributed by atoms with E-state index in [1.54, 1.807) is 11.8 Å². The lowest BCUT2D eigenvalue weighted by Crippen LogP contribution is -2.26. The molecule has 0 aromatic heterocycles. The highest BCUT2D eigenvalue weighted by Crippen LogP contribution is 2.21. The Hall–Kier alpha value is -1.16. The Balaban J connectivity index is 2.22. The van der Waals surface area contributed by atoms with E-state index in [-0.39, 0.29) is 5.91 Å². The fraction of sp³-hybridized carbons (Fsp3) is 0.533. The summed E-state index contributed by atoms with van der Waals surface area (Å²) >= 11 is 1.55. The lowest BCUT2D eigenvalue weighted by molar-refractivity contribution is -0.118. The molecule has 1 N–H and O–H groups in total. The SMILES string of the molecule is CCCCCNC(=O)CSc1ccc(OCC)cc1. The van der Waals surface area contributed by atoms with Crippen LogP contribution in [0.15, 0.2) is 29.2 Å². The van der Waals surface area contributed by atoms with Gasteiger partial charge in [-0.15, -0.1) is 11.8 Å². The number of hydrogen-bond acceptors (Lipinski definition) is 3. The van der Waals surface area contributed by atoms with E-state index in [0.717, 1.165) is 23.6 Å². The van der Waals surface area contributed by atoms with Crippen LogP contribution in [0.25, 0.3) is 0 Å². The van der Waals surface area contributed by atoms with Gasteiger partial charge in [0.25, 0.3) is 0 Å². The van der Waals surface area contributed by atoms with Crippen molar-refractivity contribution >= 4 is 17.7 Å². The molecule has 1 aromatic carbocycles. The van der Waals surface area contributed by atoms with E-state index < -0.39 is 0 Å². The molecule has 1 rings (SSSR count).